The van der Waals surface area contributed by atoms with Gasteiger partial charge in [0.05, 0.1) is 17.8 Å². The molecule has 0 saturated carbocycles. The summed E-state index contributed by atoms with van der Waals surface area (Å²) < 4.78 is 14.3. The summed E-state index contributed by atoms with van der Waals surface area (Å²) in [6.45, 7) is 9.59. The van der Waals surface area contributed by atoms with Crippen LogP contribution in [0.1, 0.15) is 46.1 Å². The van der Waals surface area contributed by atoms with E-state index in [0.29, 0.717) is 11.3 Å². The van der Waals surface area contributed by atoms with Crippen molar-refractivity contribution in [1.29, 1.82) is 0 Å². The summed E-state index contributed by atoms with van der Waals surface area (Å²) in [4.78, 5) is 10.8. The Morgan fingerprint density at radius 3 is 2.19 bits per heavy atom. The molecule has 1 atom stereocenters. The fourth-order valence-electron chi connectivity index (χ4n) is 1.44. The molecule has 1 unspecified atom stereocenters. The number of hydrogen-bond acceptors (Lipinski definition) is 2. The fourth-order valence-corrected chi connectivity index (χ4v) is 1.44. The van der Waals surface area contributed by atoms with E-state index in [0.717, 1.165) is 0 Å². The first-order valence-electron chi connectivity index (χ1n) is 7.11. The molecule has 21 heavy (non-hydrogen) atoms. The summed E-state index contributed by atoms with van der Waals surface area (Å²) in [6, 6.07) is 5.82. The normalized spacial score (nSPS) is 10.6. The third-order valence-electron chi connectivity index (χ3n) is 2.56. The van der Waals surface area contributed by atoms with Gasteiger partial charge in [0.25, 0.3) is 0 Å². The van der Waals surface area contributed by atoms with E-state index in [2.05, 4.69) is 5.10 Å². The molecule has 4 nitrogen and oxygen atoms in total. The highest BCUT2D eigenvalue weighted by Crippen LogP contribution is 2.16. The monoisotopic (exact) mass is 294 g/mol. The first-order chi connectivity index (χ1) is 10.1. The molecule has 2 aromatic rings. The molecule has 0 aliphatic rings. The van der Waals surface area contributed by atoms with Gasteiger partial charge in [-0.25, -0.2) is 9.07 Å². The van der Waals surface area contributed by atoms with Gasteiger partial charge >= 0.3 is 5.97 Å². The van der Waals surface area contributed by atoms with Crippen molar-refractivity contribution < 1.29 is 14.3 Å². The van der Waals surface area contributed by atoms with Gasteiger partial charge in [-0.1, -0.05) is 27.7 Å². The van der Waals surface area contributed by atoms with Crippen molar-refractivity contribution >= 4 is 5.97 Å². The highest BCUT2D eigenvalue weighted by molar-refractivity contribution is 5.75. The van der Waals surface area contributed by atoms with Crippen molar-refractivity contribution in [3.63, 3.8) is 0 Å². The molecule has 5 heteroatoms. The van der Waals surface area contributed by atoms with Crippen LogP contribution in [0.3, 0.4) is 0 Å². The summed E-state index contributed by atoms with van der Waals surface area (Å²) in [5, 5.41) is 12.9. The van der Waals surface area contributed by atoms with Gasteiger partial charge in [0.2, 0.25) is 0 Å². The van der Waals surface area contributed by atoms with Crippen LogP contribution in [0.25, 0.3) is 5.69 Å². The molecule has 0 bridgehead atoms. The Labute approximate surface area is 125 Å². The topological polar surface area (TPSA) is 55.1 Å². The molecule has 0 fully saturated rings. The maximum Gasteiger partial charge on any atom is 0.310 e. The zero-order chi connectivity index (χ0) is 16.4. The van der Waals surface area contributed by atoms with Crippen LogP contribution in [0.2, 0.25) is 0 Å². The van der Waals surface area contributed by atoms with Crippen molar-refractivity contribution in [3.05, 3.63) is 48.0 Å². The van der Waals surface area contributed by atoms with Crippen LogP contribution in [-0.4, -0.2) is 20.9 Å². The third kappa shape index (κ3) is 5.38. The van der Waals surface area contributed by atoms with Crippen LogP contribution in [0.5, 0.6) is 0 Å². The lowest BCUT2D eigenvalue weighted by Gasteiger charge is -2.02. The van der Waals surface area contributed by atoms with E-state index in [9.17, 15) is 9.18 Å². The molecule has 1 heterocycles. The van der Waals surface area contributed by atoms with Crippen LogP contribution in [0.4, 0.5) is 4.39 Å². The lowest BCUT2D eigenvalue weighted by Crippen LogP contribution is -2.06. The SMILES string of the molecule is CC.CC.CC(C(=O)O)c1cnn(-c2ccc(F)cc2)c1. The van der Waals surface area contributed by atoms with Crippen molar-refractivity contribution in [2.24, 2.45) is 0 Å². The molecular weight excluding hydrogens is 271 g/mol. The van der Waals surface area contributed by atoms with Gasteiger partial charge in [-0.2, -0.15) is 5.10 Å². The van der Waals surface area contributed by atoms with Crippen molar-refractivity contribution in [1.82, 2.24) is 9.78 Å². The Balaban J connectivity index is 0.000000921. The second-order valence-electron chi connectivity index (χ2n) is 3.75. The number of nitrogens with zero attached hydrogens (tertiary/aromatic N) is 2. The Hall–Kier alpha value is -2.17. The number of aromatic nitrogens is 2. The molecular formula is C16H23FN2O2. The van der Waals surface area contributed by atoms with E-state index in [-0.39, 0.29) is 5.82 Å². The Morgan fingerprint density at radius 1 is 1.19 bits per heavy atom. The number of hydrogen-bond donors (Lipinski definition) is 1. The summed E-state index contributed by atoms with van der Waals surface area (Å²) in [5.74, 6) is -1.83. The van der Waals surface area contributed by atoms with Crippen LogP contribution in [0, 0.1) is 5.82 Å². The predicted molar refractivity (Wildman–Crippen MR) is 82.3 cm³/mol. The van der Waals surface area contributed by atoms with Crippen LogP contribution >= 0.6 is 0 Å². The summed E-state index contributed by atoms with van der Waals surface area (Å²) in [7, 11) is 0. The first-order valence-corrected chi connectivity index (χ1v) is 7.11. The largest absolute Gasteiger partial charge is 0.481 e. The van der Waals surface area contributed by atoms with E-state index < -0.39 is 11.9 Å². The quantitative estimate of drug-likeness (QED) is 0.920. The van der Waals surface area contributed by atoms with Crippen molar-refractivity contribution in [3.8, 4) is 5.69 Å². The van der Waals surface area contributed by atoms with E-state index in [1.807, 2.05) is 27.7 Å². The molecule has 0 amide bonds. The molecule has 0 saturated heterocycles. The van der Waals surface area contributed by atoms with Crippen LogP contribution < -0.4 is 0 Å². The van der Waals surface area contributed by atoms with Crippen molar-refractivity contribution in [2.75, 3.05) is 0 Å². The molecule has 1 aromatic carbocycles. The maximum atomic E-state index is 12.7. The standard InChI is InChI=1S/C12H11FN2O2.2C2H6/c1-8(12(16)17)9-6-14-15(7-9)11-4-2-10(13)3-5-11;2*1-2/h2-8H,1H3,(H,16,17);2*1-2H3. The number of carbonyl (C=O) groups is 1. The zero-order valence-electron chi connectivity index (χ0n) is 13.2. The van der Waals surface area contributed by atoms with Gasteiger partial charge in [0.1, 0.15) is 5.82 Å². The Bertz CT molecular complexity index is 535. The number of carboxylic acids is 1. The minimum atomic E-state index is -0.899. The summed E-state index contributed by atoms with van der Waals surface area (Å²) >= 11 is 0. The van der Waals surface area contributed by atoms with Crippen LogP contribution in [-0.2, 0) is 4.79 Å². The minimum Gasteiger partial charge on any atom is -0.481 e. The highest BCUT2D eigenvalue weighted by Gasteiger charge is 2.15. The van der Waals surface area contributed by atoms with Gasteiger partial charge in [0, 0.05) is 11.8 Å². The van der Waals surface area contributed by atoms with E-state index in [4.69, 9.17) is 5.11 Å². The third-order valence-corrected chi connectivity index (χ3v) is 2.56. The molecule has 116 valence electrons. The highest BCUT2D eigenvalue weighted by atomic mass is 19.1. The van der Waals surface area contributed by atoms with E-state index >= 15 is 0 Å². The average molecular weight is 294 g/mol. The molecule has 2 rings (SSSR count). The lowest BCUT2D eigenvalue weighted by molar-refractivity contribution is -0.138. The minimum absolute atomic E-state index is 0.319. The second-order valence-corrected chi connectivity index (χ2v) is 3.75. The molecule has 1 aromatic heterocycles. The number of benzene rings is 1. The van der Waals surface area contributed by atoms with Gasteiger partial charge in [-0.3, -0.25) is 4.79 Å². The Morgan fingerprint density at radius 2 is 1.71 bits per heavy atom. The zero-order valence-corrected chi connectivity index (χ0v) is 13.2. The molecule has 0 aliphatic heterocycles. The molecule has 0 radical (unpaired) electrons. The van der Waals surface area contributed by atoms with Crippen molar-refractivity contribution in [2.45, 2.75) is 40.5 Å². The van der Waals surface area contributed by atoms with E-state index in [1.54, 1.807) is 25.3 Å². The number of halogens is 1. The fraction of sp³-hybridized carbons (Fsp3) is 0.375. The lowest BCUT2D eigenvalue weighted by atomic mass is 10.1. The first kappa shape index (κ1) is 18.8. The van der Waals surface area contributed by atoms with Gasteiger partial charge < -0.3 is 5.11 Å². The number of aliphatic carboxylic acids is 1. The van der Waals surface area contributed by atoms with Gasteiger partial charge in [-0.05, 0) is 31.2 Å². The second kappa shape index (κ2) is 9.69. The van der Waals surface area contributed by atoms with Gasteiger partial charge in [-0.15, -0.1) is 0 Å². The predicted octanol–water partition coefficient (Wildman–Crippen LogP) is 4.25. The van der Waals surface area contributed by atoms with E-state index in [1.165, 1.54) is 23.0 Å². The smallest absolute Gasteiger partial charge is 0.310 e. The van der Waals surface area contributed by atoms with Crippen LogP contribution in [0.15, 0.2) is 36.7 Å². The number of rotatable bonds is 3. The van der Waals surface area contributed by atoms with Gasteiger partial charge in [0.15, 0.2) is 0 Å². The summed E-state index contributed by atoms with van der Waals surface area (Å²) in [6.07, 6.45) is 3.13. The molecule has 1 N–H and O–H groups in total. The molecule has 0 aliphatic carbocycles. The maximum absolute atomic E-state index is 12.7. The molecule has 0 spiro atoms. The summed E-state index contributed by atoms with van der Waals surface area (Å²) in [5.41, 5.74) is 1.30. The Kier molecular flexibility index (Phi) is 8.69. The number of carboxylic acid groups (broad SMARTS) is 1. The average Bonchev–Trinajstić information content (AvgIpc) is 3.01.